The van der Waals surface area contributed by atoms with E-state index in [0.717, 1.165) is 37.5 Å². The SMILES string of the molecule is CCNC(=NCCCc1c[nH]c2ccccc12)NCCC(O)c1ccccc1.I. The van der Waals surface area contributed by atoms with Gasteiger partial charge in [0, 0.05) is 36.7 Å². The van der Waals surface area contributed by atoms with Crippen LogP contribution in [0, 0.1) is 0 Å². The Labute approximate surface area is 190 Å². The Morgan fingerprint density at radius 1 is 1.07 bits per heavy atom. The molecule has 4 N–H and O–H groups in total. The van der Waals surface area contributed by atoms with Gasteiger partial charge in [-0.15, -0.1) is 24.0 Å². The van der Waals surface area contributed by atoms with Gasteiger partial charge in [0.15, 0.2) is 5.96 Å². The van der Waals surface area contributed by atoms with Crippen molar-refractivity contribution < 1.29 is 5.11 Å². The molecular weight excluding hydrogens is 475 g/mol. The fourth-order valence-corrected chi connectivity index (χ4v) is 3.31. The molecule has 0 aliphatic carbocycles. The highest BCUT2D eigenvalue weighted by atomic mass is 127. The van der Waals surface area contributed by atoms with Crippen molar-refractivity contribution in [1.82, 2.24) is 15.6 Å². The fraction of sp³-hybridized carbons (Fsp3) is 0.348. The van der Waals surface area contributed by atoms with Crippen LogP contribution in [0.25, 0.3) is 10.9 Å². The molecule has 1 aromatic heterocycles. The van der Waals surface area contributed by atoms with Crippen molar-refractivity contribution >= 4 is 40.8 Å². The maximum atomic E-state index is 10.3. The van der Waals surface area contributed by atoms with Gasteiger partial charge >= 0.3 is 0 Å². The van der Waals surface area contributed by atoms with E-state index < -0.39 is 6.10 Å². The van der Waals surface area contributed by atoms with Crippen LogP contribution in [-0.2, 0) is 6.42 Å². The number of hydrogen-bond donors (Lipinski definition) is 4. The minimum atomic E-state index is -0.460. The van der Waals surface area contributed by atoms with Gasteiger partial charge in [-0.2, -0.15) is 0 Å². The van der Waals surface area contributed by atoms with Gasteiger partial charge in [0.1, 0.15) is 0 Å². The van der Waals surface area contributed by atoms with E-state index in [0.29, 0.717) is 13.0 Å². The number of rotatable bonds is 9. The first kappa shape index (κ1) is 23.2. The number of aliphatic hydroxyl groups is 1. The third-order valence-corrected chi connectivity index (χ3v) is 4.79. The lowest BCUT2D eigenvalue weighted by molar-refractivity contribution is 0.168. The number of aliphatic hydroxyl groups excluding tert-OH is 1. The quantitative estimate of drug-likeness (QED) is 0.151. The van der Waals surface area contributed by atoms with Gasteiger partial charge in [0.25, 0.3) is 0 Å². The van der Waals surface area contributed by atoms with Crippen LogP contribution in [0.4, 0.5) is 0 Å². The number of fused-ring (bicyclic) bond motifs is 1. The number of aryl methyl sites for hydroxylation is 1. The molecule has 0 fully saturated rings. The van der Waals surface area contributed by atoms with Gasteiger partial charge in [-0.05, 0) is 43.4 Å². The number of benzene rings is 2. The molecule has 1 heterocycles. The minimum Gasteiger partial charge on any atom is -0.388 e. The molecule has 3 aromatic rings. The van der Waals surface area contributed by atoms with Crippen molar-refractivity contribution in [2.45, 2.75) is 32.3 Å². The highest BCUT2D eigenvalue weighted by Gasteiger charge is 2.07. The molecule has 6 heteroatoms. The molecule has 0 radical (unpaired) electrons. The molecule has 156 valence electrons. The predicted octanol–water partition coefficient (Wildman–Crippen LogP) is 4.40. The number of aliphatic imine (C=N–C) groups is 1. The molecule has 2 aromatic carbocycles. The highest BCUT2D eigenvalue weighted by molar-refractivity contribution is 14.0. The van der Waals surface area contributed by atoms with Gasteiger partial charge in [-0.3, -0.25) is 4.99 Å². The number of para-hydroxylation sites is 1. The van der Waals surface area contributed by atoms with E-state index in [-0.39, 0.29) is 24.0 Å². The molecule has 0 spiro atoms. The summed E-state index contributed by atoms with van der Waals surface area (Å²) in [4.78, 5) is 7.99. The van der Waals surface area contributed by atoms with Crippen LogP contribution >= 0.6 is 24.0 Å². The van der Waals surface area contributed by atoms with Crippen molar-refractivity contribution in [2.75, 3.05) is 19.6 Å². The lowest BCUT2D eigenvalue weighted by atomic mass is 10.1. The minimum absolute atomic E-state index is 0. The van der Waals surface area contributed by atoms with Crippen LogP contribution < -0.4 is 10.6 Å². The molecule has 29 heavy (non-hydrogen) atoms. The van der Waals surface area contributed by atoms with Crippen molar-refractivity contribution in [2.24, 2.45) is 4.99 Å². The number of H-pyrrole nitrogens is 1. The van der Waals surface area contributed by atoms with Gasteiger partial charge < -0.3 is 20.7 Å². The topological polar surface area (TPSA) is 72.4 Å². The summed E-state index contributed by atoms with van der Waals surface area (Å²) in [5.41, 5.74) is 3.48. The fourth-order valence-electron chi connectivity index (χ4n) is 3.31. The average Bonchev–Trinajstić information content (AvgIpc) is 3.15. The summed E-state index contributed by atoms with van der Waals surface area (Å²) in [6.45, 7) is 4.30. The summed E-state index contributed by atoms with van der Waals surface area (Å²) in [7, 11) is 0. The number of guanidine groups is 1. The Kier molecular flexibility index (Phi) is 10.0. The zero-order chi connectivity index (χ0) is 19.6. The normalized spacial score (nSPS) is 12.4. The number of aromatic nitrogens is 1. The summed E-state index contributed by atoms with van der Waals surface area (Å²) in [6.07, 6.45) is 4.27. The van der Waals surface area contributed by atoms with Crippen molar-refractivity contribution in [3.63, 3.8) is 0 Å². The number of nitrogens with zero attached hydrogens (tertiary/aromatic N) is 1. The molecule has 0 saturated carbocycles. The van der Waals surface area contributed by atoms with E-state index in [1.165, 1.54) is 16.5 Å². The maximum Gasteiger partial charge on any atom is 0.191 e. The van der Waals surface area contributed by atoms with Crippen LogP contribution in [0.15, 0.2) is 65.8 Å². The predicted molar refractivity (Wildman–Crippen MR) is 132 cm³/mol. The lowest BCUT2D eigenvalue weighted by Crippen LogP contribution is -2.38. The highest BCUT2D eigenvalue weighted by Crippen LogP contribution is 2.19. The lowest BCUT2D eigenvalue weighted by Gasteiger charge is -2.14. The maximum absolute atomic E-state index is 10.3. The Balaban J connectivity index is 0.00000300. The Morgan fingerprint density at radius 3 is 2.62 bits per heavy atom. The monoisotopic (exact) mass is 506 g/mol. The summed E-state index contributed by atoms with van der Waals surface area (Å²) in [5.74, 6) is 0.807. The molecule has 0 aliphatic rings. The Morgan fingerprint density at radius 2 is 1.83 bits per heavy atom. The van der Waals surface area contributed by atoms with E-state index in [1.807, 2.05) is 30.3 Å². The zero-order valence-corrected chi connectivity index (χ0v) is 19.2. The average molecular weight is 506 g/mol. The standard InChI is InChI=1S/C23H30N4O.HI/c1-2-24-23(26-16-14-22(28)18-9-4-3-5-10-18)25-15-8-11-19-17-27-21-13-7-6-12-20(19)21;/h3-7,9-10,12-13,17,22,27-28H,2,8,11,14-16H2,1H3,(H2,24,25,26);1H. The van der Waals surface area contributed by atoms with Crippen LogP contribution in [0.3, 0.4) is 0 Å². The summed E-state index contributed by atoms with van der Waals surface area (Å²) >= 11 is 0. The van der Waals surface area contributed by atoms with Gasteiger partial charge in [-0.1, -0.05) is 48.5 Å². The largest absolute Gasteiger partial charge is 0.388 e. The van der Waals surface area contributed by atoms with E-state index in [1.54, 1.807) is 0 Å². The van der Waals surface area contributed by atoms with Crippen molar-refractivity contribution in [1.29, 1.82) is 0 Å². The molecule has 0 saturated heterocycles. The number of halogens is 1. The third-order valence-electron chi connectivity index (χ3n) is 4.79. The van der Waals surface area contributed by atoms with Gasteiger partial charge in [-0.25, -0.2) is 0 Å². The molecule has 3 rings (SSSR count). The molecule has 5 nitrogen and oxygen atoms in total. The Bertz CT molecular complexity index is 879. The summed E-state index contributed by atoms with van der Waals surface area (Å²) in [5, 5.41) is 18.2. The smallest absolute Gasteiger partial charge is 0.191 e. The number of nitrogens with one attached hydrogen (secondary N) is 3. The number of hydrogen-bond acceptors (Lipinski definition) is 2. The molecule has 0 amide bonds. The Hall–Kier alpha value is -2.06. The van der Waals surface area contributed by atoms with Crippen molar-refractivity contribution in [3.05, 3.63) is 71.9 Å². The molecular formula is C23H31IN4O. The van der Waals surface area contributed by atoms with Gasteiger partial charge in [0.2, 0.25) is 0 Å². The second-order valence-electron chi connectivity index (χ2n) is 6.87. The molecule has 1 atom stereocenters. The molecule has 0 aliphatic heterocycles. The van der Waals surface area contributed by atoms with Crippen LogP contribution in [0.1, 0.15) is 37.0 Å². The van der Waals surface area contributed by atoms with Crippen LogP contribution in [0.2, 0.25) is 0 Å². The first-order valence-corrected chi connectivity index (χ1v) is 10.1. The van der Waals surface area contributed by atoms with E-state index in [2.05, 4.69) is 58.0 Å². The first-order valence-electron chi connectivity index (χ1n) is 10.1. The summed E-state index contributed by atoms with van der Waals surface area (Å²) in [6, 6.07) is 18.2. The number of aromatic amines is 1. The third kappa shape index (κ3) is 7.04. The van der Waals surface area contributed by atoms with Crippen molar-refractivity contribution in [3.8, 4) is 0 Å². The first-order chi connectivity index (χ1) is 13.8. The van der Waals surface area contributed by atoms with E-state index >= 15 is 0 Å². The zero-order valence-electron chi connectivity index (χ0n) is 16.9. The van der Waals surface area contributed by atoms with Gasteiger partial charge in [0.05, 0.1) is 6.10 Å². The molecule has 1 unspecified atom stereocenters. The second-order valence-corrected chi connectivity index (χ2v) is 6.87. The second kappa shape index (κ2) is 12.5. The van der Waals surface area contributed by atoms with E-state index in [9.17, 15) is 5.11 Å². The summed E-state index contributed by atoms with van der Waals surface area (Å²) < 4.78 is 0. The van der Waals surface area contributed by atoms with E-state index in [4.69, 9.17) is 0 Å². The van der Waals surface area contributed by atoms with Crippen LogP contribution in [-0.4, -0.2) is 35.7 Å². The van der Waals surface area contributed by atoms with Crippen LogP contribution in [0.5, 0.6) is 0 Å². The molecule has 0 bridgehead atoms.